The van der Waals surface area contributed by atoms with Crippen LogP contribution in [-0.4, -0.2) is 73.9 Å². The van der Waals surface area contributed by atoms with Gasteiger partial charge >= 0.3 is 0 Å². The summed E-state index contributed by atoms with van der Waals surface area (Å²) < 4.78 is 11.3. The van der Waals surface area contributed by atoms with Gasteiger partial charge in [-0.2, -0.15) is 0 Å². The summed E-state index contributed by atoms with van der Waals surface area (Å²) in [5.74, 6) is -1.68. The number of halogens is 1. The number of ether oxygens (including phenoxy) is 2. The second-order valence-electron chi connectivity index (χ2n) is 8.74. The lowest BCUT2D eigenvalue weighted by molar-refractivity contribution is -0.357. The second kappa shape index (κ2) is 9.85. The molecular formula is C24H29ClO8. The van der Waals surface area contributed by atoms with E-state index in [0.717, 1.165) is 24.8 Å². The summed E-state index contributed by atoms with van der Waals surface area (Å²) in [6.07, 6.45) is -4.11. The Balaban J connectivity index is 1.53. The fourth-order valence-electron chi connectivity index (χ4n) is 4.45. The van der Waals surface area contributed by atoms with Crippen LogP contribution in [0.25, 0.3) is 0 Å². The fourth-order valence-corrected chi connectivity index (χ4v) is 4.63. The molecule has 8 nitrogen and oxygen atoms in total. The largest absolute Gasteiger partial charge is 0.488 e. The molecule has 0 spiro atoms. The zero-order valence-electron chi connectivity index (χ0n) is 17.9. The Hall–Kier alpha value is -1.75. The molecule has 1 heterocycles. The molecule has 7 atom stereocenters. The van der Waals surface area contributed by atoms with Gasteiger partial charge in [-0.1, -0.05) is 29.8 Å². The lowest BCUT2D eigenvalue weighted by Crippen LogP contribution is -2.63. The van der Waals surface area contributed by atoms with Crippen molar-refractivity contribution in [3.8, 4) is 5.75 Å². The molecule has 6 N–H and O–H groups in total. The van der Waals surface area contributed by atoms with Crippen LogP contribution in [0.5, 0.6) is 5.75 Å². The number of aliphatic hydroxyl groups excluding tert-OH is 5. The Labute approximate surface area is 196 Å². The first kappa shape index (κ1) is 24.4. The van der Waals surface area contributed by atoms with Crippen molar-refractivity contribution in [2.45, 2.75) is 68.1 Å². The van der Waals surface area contributed by atoms with Gasteiger partial charge in [-0.15, -0.1) is 0 Å². The Bertz CT molecular complexity index is 952. The summed E-state index contributed by atoms with van der Waals surface area (Å²) in [5.41, 5.74) is 1.68. The molecule has 1 aliphatic carbocycles. The minimum atomic E-state index is -2.34. The number of benzene rings is 2. The van der Waals surface area contributed by atoms with Crippen LogP contribution in [0.2, 0.25) is 5.02 Å². The van der Waals surface area contributed by atoms with E-state index < -0.39 is 42.9 Å². The van der Waals surface area contributed by atoms with Gasteiger partial charge in [0.25, 0.3) is 0 Å². The number of hydrogen-bond acceptors (Lipinski definition) is 8. The van der Waals surface area contributed by atoms with Crippen molar-refractivity contribution in [1.29, 1.82) is 0 Å². The standard InChI is InChI=1S/C24H29ClO8/c25-17-9-6-15(24(31)23(30)22(29)21(28)20(12-26)33-24)11-14(17)10-13-4-7-16(8-5-13)32-19-3-1-2-18(19)27/h4-9,11,18-23,26-31H,1-3,10,12H2/t18-,19-,20-,21-,22+,23-,24-/m1/s1. The SMILES string of the molecule is OC[C@H]1O[C@](O)(c2ccc(Cl)c(Cc3ccc(O[C@@H]4CCC[C@H]4O)cc3)c2)[C@H](O)[C@@H](O)[C@@H]1O. The highest BCUT2D eigenvalue weighted by Gasteiger charge is 2.53. The maximum absolute atomic E-state index is 11.0. The molecule has 1 aliphatic heterocycles. The first-order chi connectivity index (χ1) is 15.7. The van der Waals surface area contributed by atoms with E-state index in [2.05, 4.69) is 0 Å². The van der Waals surface area contributed by atoms with Crippen molar-refractivity contribution in [2.24, 2.45) is 0 Å². The van der Waals surface area contributed by atoms with Gasteiger partial charge in [-0.05, 0) is 61.1 Å². The van der Waals surface area contributed by atoms with Gasteiger partial charge in [0.2, 0.25) is 5.79 Å². The molecule has 9 heteroatoms. The van der Waals surface area contributed by atoms with Gasteiger partial charge in [0.15, 0.2) is 0 Å². The minimum absolute atomic E-state index is 0.133. The van der Waals surface area contributed by atoms with Gasteiger partial charge < -0.3 is 40.1 Å². The smallest absolute Gasteiger partial charge is 0.222 e. The normalized spacial score (nSPS) is 34.4. The summed E-state index contributed by atoms with van der Waals surface area (Å²) >= 11 is 6.37. The van der Waals surface area contributed by atoms with Crippen LogP contribution in [0.3, 0.4) is 0 Å². The first-order valence-corrected chi connectivity index (χ1v) is 11.4. The van der Waals surface area contributed by atoms with E-state index in [1.54, 1.807) is 12.1 Å². The average Bonchev–Trinajstić information content (AvgIpc) is 3.21. The van der Waals surface area contributed by atoms with Crippen LogP contribution in [0, 0.1) is 0 Å². The molecule has 2 aromatic carbocycles. The van der Waals surface area contributed by atoms with Gasteiger partial charge in [0.1, 0.15) is 36.3 Å². The summed E-state index contributed by atoms with van der Waals surface area (Å²) in [7, 11) is 0. The predicted molar refractivity (Wildman–Crippen MR) is 119 cm³/mol. The second-order valence-corrected chi connectivity index (χ2v) is 9.15. The van der Waals surface area contributed by atoms with Gasteiger partial charge in [0, 0.05) is 10.6 Å². The number of rotatable bonds is 6. The van der Waals surface area contributed by atoms with Crippen molar-refractivity contribution in [3.05, 3.63) is 64.2 Å². The van der Waals surface area contributed by atoms with E-state index >= 15 is 0 Å². The van der Waals surface area contributed by atoms with E-state index in [9.17, 15) is 30.6 Å². The third-order valence-electron chi connectivity index (χ3n) is 6.45. The molecular weight excluding hydrogens is 452 g/mol. The number of aliphatic hydroxyl groups is 6. The molecule has 0 aromatic heterocycles. The molecule has 0 amide bonds. The van der Waals surface area contributed by atoms with Crippen LogP contribution >= 0.6 is 11.6 Å². The van der Waals surface area contributed by atoms with E-state index in [1.165, 1.54) is 6.07 Å². The van der Waals surface area contributed by atoms with Crippen LogP contribution in [0.1, 0.15) is 36.0 Å². The third kappa shape index (κ3) is 4.89. The van der Waals surface area contributed by atoms with E-state index in [4.69, 9.17) is 21.1 Å². The zero-order valence-corrected chi connectivity index (χ0v) is 18.7. The summed E-state index contributed by atoms with van der Waals surface area (Å²) in [5, 5.41) is 61.4. The van der Waals surface area contributed by atoms with E-state index in [0.29, 0.717) is 22.8 Å². The van der Waals surface area contributed by atoms with Crippen molar-refractivity contribution in [1.82, 2.24) is 0 Å². The quantitative estimate of drug-likeness (QED) is 0.357. The van der Waals surface area contributed by atoms with Crippen molar-refractivity contribution < 1.29 is 40.1 Å². The molecule has 4 rings (SSSR count). The van der Waals surface area contributed by atoms with E-state index in [-0.39, 0.29) is 11.7 Å². The Morgan fingerprint density at radius 1 is 1.00 bits per heavy atom. The van der Waals surface area contributed by atoms with Gasteiger partial charge in [-0.3, -0.25) is 0 Å². The monoisotopic (exact) mass is 480 g/mol. The molecule has 180 valence electrons. The maximum Gasteiger partial charge on any atom is 0.222 e. The molecule has 0 bridgehead atoms. The molecule has 1 saturated heterocycles. The Morgan fingerprint density at radius 2 is 1.73 bits per heavy atom. The predicted octanol–water partition coefficient (Wildman–Crippen LogP) is 0.842. The summed E-state index contributed by atoms with van der Waals surface area (Å²) in [6, 6.07) is 12.0. The highest BCUT2D eigenvalue weighted by Crippen LogP contribution is 2.38. The minimum Gasteiger partial charge on any atom is -0.488 e. The topological polar surface area (TPSA) is 140 Å². The van der Waals surface area contributed by atoms with Crippen LogP contribution in [0.15, 0.2) is 42.5 Å². The molecule has 33 heavy (non-hydrogen) atoms. The van der Waals surface area contributed by atoms with E-state index in [1.807, 2.05) is 24.3 Å². The van der Waals surface area contributed by atoms with Crippen molar-refractivity contribution in [3.63, 3.8) is 0 Å². The molecule has 2 fully saturated rings. The van der Waals surface area contributed by atoms with Gasteiger partial charge in [0.05, 0.1) is 12.7 Å². The average molecular weight is 481 g/mol. The molecule has 2 aromatic rings. The molecule has 0 unspecified atom stereocenters. The molecule has 0 radical (unpaired) electrons. The Kier molecular flexibility index (Phi) is 7.28. The number of hydrogen-bond donors (Lipinski definition) is 6. The fraction of sp³-hybridized carbons (Fsp3) is 0.500. The highest BCUT2D eigenvalue weighted by molar-refractivity contribution is 6.31. The highest BCUT2D eigenvalue weighted by atomic mass is 35.5. The zero-order chi connectivity index (χ0) is 23.8. The first-order valence-electron chi connectivity index (χ1n) is 11.0. The summed E-state index contributed by atoms with van der Waals surface area (Å²) in [4.78, 5) is 0. The lowest BCUT2D eigenvalue weighted by atomic mass is 9.87. The Morgan fingerprint density at radius 3 is 2.36 bits per heavy atom. The third-order valence-corrected chi connectivity index (χ3v) is 6.82. The maximum atomic E-state index is 11.0. The van der Waals surface area contributed by atoms with Crippen molar-refractivity contribution in [2.75, 3.05) is 6.61 Å². The molecule has 2 aliphatic rings. The van der Waals surface area contributed by atoms with Crippen LogP contribution in [-0.2, 0) is 16.9 Å². The van der Waals surface area contributed by atoms with Crippen molar-refractivity contribution >= 4 is 11.6 Å². The van der Waals surface area contributed by atoms with Gasteiger partial charge in [-0.25, -0.2) is 0 Å². The summed E-state index contributed by atoms with van der Waals surface area (Å²) in [6.45, 7) is -0.653. The molecule has 1 saturated carbocycles. The van der Waals surface area contributed by atoms with Crippen LogP contribution < -0.4 is 4.74 Å². The van der Waals surface area contributed by atoms with Crippen LogP contribution in [0.4, 0.5) is 0 Å². The lowest BCUT2D eigenvalue weighted by Gasteiger charge is -2.45.